The van der Waals surface area contributed by atoms with Crippen LogP contribution in [0.5, 0.6) is 11.5 Å². The van der Waals surface area contributed by atoms with E-state index in [0.717, 1.165) is 53.3 Å². The lowest BCUT2D eigenvalue weighted by atomic mass is 9.74. The number of hydrogen-bond acceptors (Lipinski definition) is 8. The molecule has 3 heterocycles. The molecule has 2 aliphatic rings. The number of halogens is 2. The average molecular weight is 600 g/mol. The molecule has 0 bridgehead atoms. The number of hydrogen-bond donors (Lipinski definition) is 2. The molecule has 0 spiro atoms. The van der Waals surface area contributed by atoms with Gasteiger partial charge in [-0.1, -0.05) is 0 Å². The maximum Gasteiger partial charge on any atom is 0.309 e. The van der Waals surface area contributed by atoms with Crippen molar-refractivity contribution >= 4 is 16.9 Å². The summed E-state index contributed by atoms with van der Waals surface area (Å²) in [5.41, 5.74) is 1.45. The Kier molecular flexibility index (Phi) is 10.1. The molecule has 1 atom stereocenters. The molecule has 0 radical (unpaired) electrons. The maximum atomic E-state index is 13.4. The van der Waals surface area contributed by atoms with Gasteiger partial charge in [0.25, 0.3) is 0 Å². The van der Waals surface area contributed by atoms with Gasteiger partial charge in [0, 0.05) is 56.0 Å². The molecular formula is C32H39F2N3O6. The summed E-state index contributed by atoms with van der Waals surface area (Å²) < 4.78 is 43.3. The number of ether oxygens (including phenoxy) is 3. The molecule has 2 N–H and O–H groups in total. The quantitative estimate of drug-likeness (QED) is 0.313. The van der Waals surface area contributed by atoms with Crippen LogP contribution >= 0.6 is 0 Å². The zero-order valence-electron chi connectivity index (χ0n) is 24.4. The van der Waals surface area contributed by atoms with E-state index in [2.05, 4.69) is 14.8 Å². The van der Waals surface area contributed by atoms with E-state index in [1.165, 1.54) is 0 Å². The molecule has 2 aliphatic heterocycles. The Hall–Kier alpha value is -3.38. The Bertz CT molecular complexity index is 1390. The van der Waals surface area contributed by atoms with E-state index in [1.54, 1.807) is 7.11 Å². The Balaban J connectivity index is 1.25. The lowest BCUT2D eigenvalue weighted by Gasteiger charge is -2.39. The highest BCUT2D eigenvalue weighted by Crippen LogP contribution is 2.40. The highest BCUT2D eigenvalue weighted by Gasteiger charge is 2.41. The number of likely N-dealkylation sites (tertiary alicyclic amines) is 1. The van der Waals surface area contributed by atoms with Crippen molar-refractivity contribution in [3.63, 3.8) is 0 Å². The number of pyridine rings is 1. The van der Waals surface area contributed by atoms with Crippen LogP contribution in [0.2, 0.25) is 0 Å². The predicted octanol–water partition coefficient (Wildman–Crippen LogP) is 4.41. The first kappa shape index (κ1) is 31.1. The number of piperidine rings is 1. The summed E-state index contributed by atoms with van der Waals surface area (Å²) in [4.78, 5) is 21.6. The maximum absolute atomic E-state index is 13.4. The number of carboxylic acids is 1. The molecule has 43 heavy (non-hydrogen) atoms. The molecule has 0 unspecified atom stereocenters. The molecule has 1 aromatic heterocycles. The van der Waals surface area contributed by atoms with Gasteiger partial charge in [0.05, 0.1) is 37.4 Å². The highest BCUT2D eigenvalue weighted by molar-refractivity contribution is 5.85. The third kappa shape index (κ3) is 7.59. The number of carboxylic acid groups (broad SMARTS) is 1. The number of carbonyl (C=O) groups is 1. The third-order valence-corrected chi connectivity index (χ3v) is 8.71. The van der Waals surface area contributed by atoms with Crippen molar-refractivity contribution in [2.75, 3.05) is 59.7 Å². The number of methoxy groups -OCH3 is 1. The van der Waals surface area contributed by atoms with Crippen LogP contribution in [0.1, 0.15) is 42.9 Å². The van der Waals surface area contributed by atoms with Crippen LogP contribution in [0.15, 0.2) is 42.6 Å². The van der Waals surface area contributed by atoms with Gasteiger partial charge in [-0.05, 0) is 68.1 Å². The van der Waals surface area contributed by atoms with Gasteiger partial charge >= 0.3 is 5.97 Å². The SMILES string of the molecule is COc1ccc2ncc(CN3CCOCC3)c([C@@H](O)CCC3(C(=O)O)CCN(CCOc4cc(F)cc(F)c4)CC3)c2c1. The van der Waals surface area contributed by atoms with Crippen molar-refractivity contribution in [1.82, 2.24) is 14.8 Å². The van der Waals surface area contributed by atoms with Gasteiger partial charge in [-0.15, -0.1) is 0 Å². The topological polar surface area (TPSA) is 105 Å². The largest absolute Gasteiger partial charge is 0.497 e. The van der Waals surface area contributed by atoms with Gasteiger partial charge in [-0.25, -0.2) is 8.78 Å². The number of nitrogens with zero attached hydrogens (tertiary/aromatic N) is 3. The second kappa shape index (κ2) is 13.9. The molecule has 11 heteroatoms. The normalized spacial score (nSPS) is 18.4. The lowest BCUT2D eigenvalue weighted by molar-refractivity contribution is -0.153. The molecule has 2 saturated heterocycles. The molecular weight excluding hydrogens is 560 g/mol. The van der Waals surface area contributed by atoms with Gasteiger partial charge in [-0.3, -0.25) is 19.6 Å². The van der Waals surface area contributed by atoms with E-state index in [4.69, 9.17) is 14.2 Å². The first-order valence-corrected chi connectivity index (χ1v) is 14.7. The van der Waals surface area contributed by atoms with Gasteiger partial charge in [0.1, 0.15) is 29.7 Å². The molecule has 0 saturated carbocycles. The summed E-state index contributed by atoms with van der Waals surface area (Å²) in [5.74, 6) is -1.48. The Morgan fingerprint density at radius 3 is 2.44 bits per heavy atom. The molecule has 0 aliphatic carbocycles. The average Bonchev–Trinajstić information content (AvgIpc) is 3.00. The molecule has 5 rings (SSSR count). The van der Waals surface area contributed by atoms with E-state index in [-0.39, 0.29) is 18.8 Å². The molecule has 3 aromatic rings. The van der Waals surface area contributed by atoms with E-state index in [0.29, 0.717) is 64.4 Å². The predicted molar refractivity (Wildman–Crippen MR) is 156 cm³/mol. The van der Waals surface area contributed by atoms with Crippen LogP contribution in [0.3, 0.4) is 0 Å². The van der Waals surface area contributed by atoms with Gasteiger partial charge < -0.3 is 24.4 Å². The number of morpholine rings is 1. The van der Waals surface area contributed by atoms with Crippen molar-refractivity contribution in [3.05, 3.63) is 65.4 Å². The van der Waals surface area contributed by atoms with Crippen molar-refractivity contribution < 1.29 is 38.0 Å². The van der Waals surface area contributed by atoms with Crippen LogP contribution in [0.4, 0.5) is 8.78 Å². The second-order valence-corrected chi connectivity index (χ2v) is 11.4. The standard InChI is InChI=1S/C32H39F2N3O6/c1-41-25-2-3-28-27(19-25)30(22(20-35-28)21-37-10-13-42-14-11-37)29(38)4-5-32(31(39)40)6-8-36(9-7-32)12-15-43-26-17-23(33)16-24(34)18-26/h2-3,16-20,29,38H,4-15,21H2,1H3,(H,39,40)/t29-/m0/s1. The summed E-state index contributed by atoms with van der Waals surface area (Å²) in [6.07, 6.45) is 2.38. The smallest absolute Gasteiger partial charge is 0.309 e. The summed E-state index contributed by atoms with van der Waals surface area (Å²) in [6, 6.07) is 8.64. The molecule has 9 nitrogen and oxygen atoms in total. The number of aliphatic carboxylic acids is 1. The van der Waals surface area contributed by atoms with E-state index >= 15 is 0 Å². The Morgan fingerprint density at radius 2 is 1.77 bits per heavy atom. The summed E-state index contributed by atoms with van der Waals surface area (Å²) in [6.45, 7) is 5.31. The van der Waals surface area contributed by atoms with E-state index < -0.39 is 29.1 Å². The zero-order chi connectivity index (χ0) is 30.4. The first-order valence-electron chi connectivity index (χ1n) is 14.7. The number of rotatable bonds is 12. The van der Waals surface area contributed by atoms with E-state index in [1.807, 2.05) is 24.4 Å². The molecule has 232 valence electrons. The highest BCUT2D eigenvalue weighted by atomic mass is 19.1. The molecule has 2 fully saturated rings. The first-order chi connectivity index (χ1) is 20.8. The monoisotopic (exact) mass is 599 g/mol. The molecule has 2 aromatic carbocycles. The fourth-order valence-electron chi connectivity index (χ4n) is 6.12. The second-order valence-electron chi connectivity index (χ2n) is 11.4. The number of aliphatic hydroxyl groups is 1. The van der Waals surface area contributed by atoms with E-state index in [9.17, 15) is 23.8 Å². The van der Waals surface area contributed by atoms with Crippen LogP contribution in [0.25, 0.3) is 10.9 Å². The summed E-state index contributed by atoms with van der Waals surface area (Å²) in [5, 5.41) is 22.8. The summed E-state index contributed by atoms with van der Waals surface area (Å²) in [7, 11) is 1.60. The minimum absolute atomic E-state index is 0.123. The number of aliphatic hydroxyl groups excluding tert-OH is 1. The van der Waals surface area contributed by atoms with Crippen molar-refractivity contribution in [2.24, 2.45) is 5.41 Å². The zero-order valence-corrected chi connectivity index (χ0v) is 24.4. The van der Waals surface area contributed by atoms with Crippen molar-refractivity contribution in [3.8, 4) is 11.5 Å². The fourth-order valence-corrected chi connectivity index (χ4v) is 6.12. The van der Waals surface area contributed by atoms with Gasteiger partial charge in [0.15, 0.2) is 0 Å². The van der Waals surface area contributed by atoms with Crippen LogP contribution in [0, 0.1) is 17.0 Å². The van der Waals surface area contributed by atoms with Crippen LogP contribution in [-0.4, -0.2) is 90.6 Å². The number of fused-ring (bicyclic) bond motifs is 1. The lowest BCUT2D eigenvalue weighted by Crippen LogP contribution is -2.45. The Labute approximate surface area is 250 Å². The van der Waals surface area contributed by atoms with Crippen molar-refractivity contribution in [1.29, 1.82) is 0 Å². The van der Waals surface area contributed by atoms with Crippen LogP contribution < -0.4 is 9.47 Å². The van der Waals surface area contributed by atoms with Gasteiger partial charge in [-0.2, -0.15) is 0 Å². The minimum atomic E-state index is -0.963. The fraction of sp³-hybridized carbons (Fsp3) is 0.500. The van der Waals surface area contributed by atoms with Crippen LogP contribution in [-0.2, 0) is 16.1 Å². The van der Waals surface area contributed by atoms with Gasteiger partial charge in [0.2, 0.25) is 0 Å². The number of benzene rings is 2. The number of aromatic nitrogens is 1. The minimum Gasteiger partial charge on any atom is -0.497 e. The molecule has 0 amide bonds. The van der Waals surface area contributed by atoms with Crippen molar-refractivity contribution in [2.45, 2.75) is 38.3 Å². The summed E-state index contributed by atoms with van der Waals surface area (Å²) >= 11 is 0. The Morgan fingerprint density at radius 1 is 1.05 bits per heavy atom. The third-order valence-electron chi connectivity index (χ3n) is 8.71.